The lowest BCUT2D eigenvalue weighted by Crippen LogP contribution is -2.30. The maximum atomic E-state index is 13.6. The van der Waals surface area contributed by atoms with E-state index in [0.717, 1.165) is 0 Å². The maximum Gasteiger partial charge on any atom is 0.200 e. The van der Waals surface area contributed by atoms with Crippen molar-refractivity contribution in [3.05, 3.63) is 34.6 Å². The monoisotopic (exact) mass is 302 g/mol. The molecule has 0 heterocycles. The Morgan fingerprint density at radius 2 is 1.22 bits per heavy atom. The molecule has 7 heteroatoms. The molecule has 1 aromatic rings. The van der Waals surface area contributed by atoms with E-state index in [1.54, 1.807) is 20.0 Å². The van der Waals surface area contributed by atoms with E-state index in [2.05, 4.69) is 0 Å². The zero-order chi connectivity index (χ0) is 14.2. The predicted molar refractivity (Wildman–Crippen MR) is 62.6 cm³/mol. The zero-order valence-electron chi connectivity index (χ0n) is 10.1. The Hall–Kier alpha value is -0.623. The molecule has 0 radical (unpaired) electrons. The van der Waals surface area contributed by atoms with Crippen molar-refractivity contribution in [1.29, 1.82) is 0 Å². The molecule has 0 fully saturated rings. The van der Waals surface area contributed by atoms with Gasteiger partial charge in [0.2, 0.25) is 5.82 Å². The topological polar surface area (TPSA) is 0 Å². The molecule has 0 saturated heterocycles. The van der Waals surface area contributed by atoms with Gasteiger partial charge in [0.05, 0.1) is 0 Å². The van der Waals surface area contributed by atoms with Crippen molar-refractivity contribution in [2.24, 2.45) is 0 Å². The summed E-state index contributed by atoms with van der Waals surface area (Å²) >= 11 is 6.09. The van der Waals surface area contributed by atoms with Crippen LogP contribution in [0.2, 0.25) is 13.1 Å². The molecule has 1 rings (SSSR count). The van der Waals surface area contributed by atoms with Gasteiger partial charge in [-0.25, -0.2) is 22.0 Å². The molecule has 102 valence electrons. The quantitative estimate of drug-likeness (QED) is 0.246. The minimum atomic E-state index is -2.62. The summed E-state index contributed by atoms with van der Waals surface area (Å²) in [6, 6.07) is 0. The van der Waals surface area contributed by atoms with Crippen LogP contribution in [0.4, 0.5) is 22.0 Å². The van der Waals surface area contributed by atoms with Gasteiger partial charge in [-0.3, -0.25) is 0 Å². The van der Waals surface area contributed by atoms with E-state index >= 15 is 0 Å². The van der Waals surface area contributed by atoms with Crippen molar-refractivity contribution in [1.82, 2.24) is 0 Å². The van der Waals surface area contributed by atoms with E-state index in [9.17, 15) is 22.0 Å². The number of hydrogen-bond donors (Lipinski definition) is 0. The van der Waals surface area contributed by atoms with Crippen molar-refractivity contribution in [2.45, 2.75) is 32.0 Å². The van der Waals surface area contributed by atoms with Crippen molar-refractivity contribution in [2.75, 3.05) is 0 Å². The Balaban J connectivity index is 3.59. The van der Waals surface area contributed by atoms with Crippen LogP contribution in [-0.4, -0.2) is 7.38 Å². The summed E-state index contributed by atoms with van der Waals surface area (Å²) < 4.78 is 66.3. The highest BCUT2D eigenvalue weighted by Gasteiger charge is 2.37. The average Bonchev–Trinajstić information content (AvgIpc) is 2.27. The predicted octanol–water partition coefficient (Wildman–Crippen LogP) is 4.86. The highest BCUT2D eigenvalue weighted by Crippen LogP contribution is 2.37. The molecule has 0 aromatic heterocycles. The molecule has 18 heavy (non-hydrogen) atoms. The molecule has 0 aliphatic rings. The second kappa shape index (κ2) is 5.17. The van der Waals surface area contributed by atoms with Crippen LogP contribution in [0.15, 0.2) is 0 Å². The van der Waals surface area contributed by atoms with Gasteiger partial charge >= 0.3 is 0 Å². The second-order valence-corrected chi connectivity index (χ2v) is 11.3. The fraction of sp³-hybridized carbons (Fsp3) is 0.455. The molecule has 1 aromatic carbocycles. The second-order valence-electron chi connectivity index (χ2n) is 4.51. The van der Waals surface area contributed by atoms with Crippen LogP contribution in [0.5, 0.6) is 0 Å². The lowest BCUT2D eigenvalue weighted by Gasteiger charge is -2.26. The molecule has 0 bridgehead atoms. The van der Waals surface area contributed by atoms with Crippen LogP contribution >= 0.6 is 11.1 Å². The summed E-state index contributed by atoms with van der Waals surface area (Å²) in [6.45, 7) is 4.79. The zero-order valence-corrected chi connectivity index (χ0v) is 11.8. The van der Waals surface area contributed by atoms with Crippen LogP contribution < -0.4 is 0 Å². The highest BCUT2D eigenvalue weighted by atomic mass is 35.6. The number of benzene rings is 1. The van der Waals surface area contributed by atoms with Crippen molar-refractivity contribution in [3.63, 3.8) is 0 Å². The minimum Gasteiger partial charge on any atom is -0.203 e. The Kier molecular flexibility index (Phi) is 4.43. The Labute approximate surface area is 107 Å². The van der Waals surface area contributed by atoms with Crippen LogP contribution in [0, 0.1) is 29.1 Å². The lowest BCUT2D eigenvalue weighted by molar-refractivity contribution is 0.368. The smallest absolute Gasteiger partial charge is 0.200 e. The third kappa shape index (κ3) is 2.54. The van der Waals surface area contributed by atoms with Crippen molar-refractivity contribution < 1.29 is 22.0 Å². The third-order valence-electron chi connectivity index (χ3n) is 2.83. The first-order chi connectivity index (χ1) is 8.12. The third-order valence-corrected chi connectivity index (χ3v) is 5.97. The minimum absolute atomic E-state index is 0.209. The van der Waals surface area contributed by atoms with Crippen molar-refractivity contribution >= 4 is 18.5 Å². The van der Waals surface area contributed by atoms with Gasteiger partial charge in [-0.2, -0.15) is 11.1 Å². The highest BCUT2D eigenvalue weighted by molar-refractivity contribution is 7.19. The van der Waals surface area contributed by atoms with Gasteiger partial charge < -0.3 is 0 Å². The number of hydrogen-bond acceptors (Lipinski definition) is 0. The van der Waals surface area contributed by atoms with Gasteiger partial charge in [0.15, 0.2) is 30.7 Å². The summed E-state index contributed by atoms with van der Waals surface area (Å²) in [5, 5.41) is 0. The standard InChI is InChI=1S/C11H12ClF5Si/c1-4-5(18(2,3)12)6-7(13)9(15)11(17)10(16)8(6)14/h5H,4H2,1-3H3. The normalized spacial score (nSPS) is 13.8. The molecule has 0 saturated carbocycles. The number of halogens is 6. The van der Waals surface area contributed by atoms with Gasteiger partial charge in [0, 0.05) is 5.56 Å². The summed E-state index contributed by atoms with van der Waals surface area (Å²) in [5.74, 6) is -9.54. The van der Waals surface area contributed by atoms with Gasteiger partial charge in [0.25, 0.3) is 0 Å². The first kappa shape index (κ1) is 15.4. The summed E-state index contributed by atoms with van der Waals surface area (Å²) in [5.41, 5.74) is -1.63. The summed E-state index contributed by atoms with van der Waals surface area (Å²) in [6.07, 6.45) is 0.209. The molecule has 0 spiro atoms. The van der Waals surface area contributed by atoms with Gasteiger partial charge in [0.1, 0.15) is 0 Å². The first-order valence-electron chi connectivity index (χ1n) is 5.33. The molecule has 0 aliphatic heterocycles. The van der Waals surface area contributed by atoms with Gasteiger partial charge in [-0.15, -0.1) is 0 Å². The largest absolute Gasteiger partial charge is 0.203 e. The van der Waals surface area contributed by atoms with Crippen LogP contribution in [-0.2, 0) is 0 Å². The summed E-state index contributed by atoms with van der Waals surface area (Å²) in [4.78, 5) is 0. The van der Waals surface area contributed by atoms with E-state index in [4.69, 9.17) is 11.1 Å². The van der Waals surface area contributed by atoms with E-state index in [1.807, 2.05) is 0 Å². The number of rotatable bonds is 3. The van der Waals surface area contributed by atoms with E-state index in [1.165, 1.54) is 0 Å². The van der Waals surface area contributed by atoms with Gasteiger partial charge in [-0.1, -0.05) is 26.4 Å². The molecule has 0 aliphatic carbocycles. The Morgan fingerprint density at radius 1 is 0.889 bits per heavy atom. The lowest BCUT2D eigenvalue weighted by atomic mass is 10.1. The van der Waals surface area contributed by atoms with Crippen LogP contribution in [0.3, 0.4) is 0 Å². The van der Waals surface area contributed by atoms with Crippen LogP contribution in [0.1, 0.15) is 24.4 Å². The average molecular weight is 303 g/mol. The molecule has 1 atom stereocenters. The first-order valence-corrected chi connectivity index (χ1v) is 9.42. The Morgan fingerprint density at radius 3 is 1.50 bits per heavy atom. The molecule has 0 N–H and O–H groups in total. The Bertz CT molecular complexity index is 440. The molecular formula is C11H12ClF5Si. The van der Waals surface area contributed by atoms with E-state index in [-0.39, 0.29) is 6.42 Å². The van der Waals surface area contributed by atoms with Crippen LogP contribution in [0.25, 0.3) is 0 Å². The summed E-state index contributed by atoms with van der Waals surface area (Å²) in [7, 11) is -2.62. The SMILES string of the molecule is CCC(c1c(F)c(F)c(F)c(F)c1F)[Si](C)(C)Cl. The maximum absolute atomic E-state index is 13.6. The van der Waals surface area contributed by atoms with E-state index < -0.39 is 47.6 Å². The fourth-order valence-corrected chi connectivity index (χ4v) is 4.66. The van der Waals surface area contributed by atoms with E-state index in [0.29, 0.717) is 0 Å². The van der Waals surface area contributed by atoms with Crippen molar-refractivity contribution in [3.8, 4) is 0 Å². The molecular weight excluding hydrogens is 291 g/mol. The molecule has 0 amide bonds. The molecule has 0 nitrogen and oxygen atoms in total. The fourth-order valence-electron chi connectivity index (χ4n) is 1.96. The molecule has 1 unspecified atom stereocenters. The van der Waals surface area contributed by atoms with Gasteiger partial charge in [-0.05, 0) is 5.54 Å².